The first-order valence-corrected chi connectivity index (χ1v) is 8.34. The molecule has 0 bridgehead atoms. The monoisotopic (exact) mass is 307 g/mol. The van der Waals surface area contributed by atoms with Gasteiger partial charge in [0.2, 0.25) is 0 Å². The molecule has 1 aromatic heterocycles. The van der Waals surface area contributed by atoms with Crippen LogP contribution in [0.3, 0.4) is 0 Å². The number of fused-ring (bicyclic) bond motifs is 3. The van der Waals surface area contributed by atoms with Crippen molar-refractivity contribution in [2.24, 2.45) is 0 Å². The Kier molecular flexibility index (Phi) is 2.92. The summed E-state index contributed by atoms with van der Waals surface area (Å²) in [4.78, 5) is 0. The molecular formula is C23H17N. The van der Waals surface area contributed by atoms with Gasteiger partial charge in [0.05, 0.1) is 11.7 Å². The summed E-state index contributed by atoms with van der Waals surface area (Å²) in [6.45, 7) is 0. The lowest BCUT2D eigenvalue weighted by atomic mass is 10.0. The summed E-state index contributed by atoms with van der Waals surface area (Å²) in [7, 11) is 0. The van der Waals surface area contributed by atoms with E-state index < -0.39 is 0 Å². The fourth-order valence-corrected chi connectivity index (χ4v) is 3.76. The Morgan fingerprint density at radius 3 is 2.12 bits per heavy atom. The molecule has 3 aromatic carbocycles. The number of rotatable bonds is 2. The molecule has 1 aliphatic heterocycles. The van der Waals surface area contributed by atoms with Crippen LogP contribution in [0.15, 0.2) is 97.1 Å². The standard InChI is InChI=1S/C23H17N/c1-3-9-17(10-4-1)20-16-22(18-11-5-2-6-12-18)24-21-14-8-7-13-19(21)15-23(20)24/h1-16,22H/t22-/m1/s1. The SMILES string of the molecule is C1=C(c2ccccc2)c2cc3ccccc3n2[C@H]1c1ccccc1. The maximum Gasteiger partial charge on any atom is 0.0785 e. The van der Waals surface area contributed by atoms with Crippen molar-refractivity contribution in [3.05, 3.63) is 114 Å². The summed E-state index contributed by atoms with van der Waals surface area (Å²) in [5.41, 5.74) is 6.52. The Morgan fingerprint density at radius 1 is 0.667 bits per heavy atom. The van der Waals surface area contributed by atoms with Gasteiger partial charge < -0.3 is 4.57 Å². The molecule has 1 nitrogen and oxygen atoms in total. The molecule has 2 heterocycles. The third-order valence-electron chi connectivity index (χ3n) is 4.85. The average molecular weight is 307 g/mol. The molecule has 0 unspecified atom stereocenters. The number of para-hydroxylation sites is 1. The molecule has 114 valence electrons. The summed E-state index contributed by atoms with van der Waals surface area (Å²) in [6, 6.07) is 32.7. The van der Waals surface area contributed by atoms with Gasteiger partial charge in [0.25, 0.3) is 0 Å². The molecule has 0 N–H and O–H groups in total. The first-order chi connectivity index (χ1) is 11.9. The molecule has 24 heavy (non-hydrogen) atoms. The number of allylic oxidation sites excluding steroid dienone is 1. The van der Waals surface area contributed by atoms with Crippen LogP contribution in [-0.2, 0) is 0 Å². The summed E-state index contributed by atoms with van der Waals surface area (Å²) in [5.74, 6) is 0. The largest absolute Gasteiger partial charge is 0.329 e. The van der Waals surface area contributed by atoms with E-state index in [-0.39, 0.29) is 6.04 Å². The van der Waals surface area contributed by atoms with Gasteiger partial charge in [0.1, 0.15) is 0 Å². The molecule has 0 saturated heterocycles. The van der Waals surface area contributed by atoms with Crippen molar-refractivity contribution >= 4 is 16.5 Å². The van der Waals surface area contributed by atoms with E-state index in [1.807, 2.05) is 0 Å². The highest BCUT2D eigenvalue weighted by Crippen LogP contribution is 2.41. The van der Waals surface area contributed by atoms with E-state index in [0.29, 0.717) is 0 Å². The fourth-order valence-electron chi connectivity index (χ4n) is 3.76. The highest BCUT2D eigenvalue weighted by Gasteiger charge is 2.26. The number of aromatic nitrogens is 1. The summed E-state index contributed by atoms with van der Waals surface area (Å²) in [6.07, 6.45) is 2.40. The van der Waals surface area contributed by atoms with Gasteiger partial charge in [-0.1, -0.05) is 78.9 Å². The van der Waals surface area contributed by atoms with Crippen LogP contribution in [0.4, 0.5) is 0 Å². The van der Waals surface area contributed by atoms with Crippen molar-refractivity contribution in [3.63, 3.8) is 0 Å². The zero-order chi connectivity index (χ0) is 15.9. The number of hydrogen-bond acceptors (Lipinski definition) is 0. The molecule has 1 aliphatic rings. The van der Waals surface area contributed by atoms with E-state index in [9.17, 15) is 0 Å². The summed E-state index contributed by atoms with van der Waals surface area (Å²) in [5, 5.41) is 1.30. The van der Waals surface area contributed by atoms with E-state index in [0.717, 1.165) is 0 Å². The molecule has 0 amide bonds. The van der Waals surface area contributed by atoms with Crippen LogP contribution < -0.4 is 0 Å². The minimum Gasteiger partial charge on any atom is -0.329 e. The molecular weight excluding hydrogens is 290 g/mol. The molecule has 0 spiro atoms. The smallest absolute Gasteiger partial charge is 0.0785 e. The lowest BCUT2D eigenvalue weighted by Gasteiger charge is -2.14. The molecule has 1 heteroatoms. The van der Waals surface area contributed by atoms with Crippen molar-refractivity contribution in [1.29, 1.82) is 0 Å². The normalized spacial score (nSPS) is 16.2. The molecule has 0 aliphatic carbocycles. The van der Waals surface area contributed by atoms with Gasteiger partial charge >= 0.3 is 0 Å². The van der Waals surface area contributed by atoms with Crippen LogP contribution in [0.25, 0.3) is 16.5 Å². The van der Waals surface area contributed by atoms with Gasteiger partial charge in [-0.2, -0.15) is 0 Å². The number of hydrogen-bond donors (Lipinski definition) is 0. The van der Waals surface area contributed by atoms with Gasteiger partial charge in [-0.15, -0.1) is 0 Å². The van der Waals surface area contributed by atoms with Gasteiger partial charge in [0, 0.05) is 16.5 Å². The summed E-state index contributed by atoms with van der Waals surface area (Å²) < 4.78 is 2.47. The first kappa shape index (κ1) is 13.4. The Balaban J connectivity index is 1.79. The van der Waals surface area contributed by atoms with Crippen molar-refractivity contribution in [2.75, 3.05) is 0 Å². The minimum absolute atomic E-state index is 0.247. The van der Waals surface area contributed by atoms with Crippen LogP contribution in [0, 0.1) is 0 Å². The lowest BCUT2D eigenvalue weighted by molar-refractivity contribution is 0.746. The van der Waals surface area contributed by atoms with Crippen LogP contribution >= 0.6 is 0 Å². The molecule has 1 atom stereocenters. The van der Waals surface area contributed by atoms with E-state index >= 15 is 0 Å². The second-order valence-electron chi connectivity index (χ2n) is 6.26. The van der Waals surface area contributed by atoms with Crippen molar-refractivity contribution in [2.45, 2.75) is 6.04 Å². The van der Waals surface area contributed by atoms with Crippen molar-refractivity contribution < 1.29 is 0 Å². The zero-order valence-electron chi connectivity index (χ0n) is 13.3. The third-order valence-corrected chi connectivity index (χ3v) is 4.85. The second-order valence-corrected chi connectivity index (χ2v) is 6.26. The van der Waals surface area contributed by atoms with E-state index in [1.165, 1.54) is 33.3 Å². The number of nitrogens with zero attached hydrogens (tertiary/aromatic N) is 1. The number of benzene rings is 3. The Bertz CT molecular complexity index is 1040. The van der Waals surface area contributed by atoms with E-state index in [2.05, 4.69) is 102 Å². The van der Waals surface area contributed by atoms with Crippen LogP contribution in [0.1, 0.15) is 22.9 Å². The van der Waals surface area contributed by atoms with Gasteiger partial charge in [-0.3, -0.25) is 0 Å². The van der Waals surface area contributed by atoms with Crippen LogP contribution in [0.5, 0.6) is 0 Å². The third kappa shape index (κ3) is 1.95. The highest BCUT2D eigenvalue weighted by molar-refractivity contribution is 5.92. The molecule has 0 radical (unpaired) electrons. The highest BCUT2D eigenvalue weighted by atomic mass is 15.0. The Hall–Kier alpha value is -3.06. The van der Waals surface area contributed by atoms with E-state index in [4.69, 9.17) is 0 Å². The first-order valence-electron chi connectivity index (χ1n) is 8.34. The van der Waals surface area contributed by atoms with Gasteiger partial charge in [-0.25, -0.2) is 0 Å². The van der Waals surface area contributed by atoms with E-state index in [1.54, 1.807) is 0 Å². The van der Waals surface area contributed by atoms with Gasteiger partial charge in [0.15, 0.2) is 0 Å². The summed E-state index contributed by atoms with van der Waals surface area (Å²) >= 11 is 0. The van der Waals surface area contributed by atoms with Crippen molar-refractivity contribution in [1.82, 2.24) is 4.57 Å². The quantitative estimate of drug-likeness (QED) is 0.449. The van der Waals surface area contributed by atoms with Crippen LogP contribution in [-0.4, -0.2) is 4.57 Å². The topological polar surface area (TPSA) is 4.93 Å². The predicted octanol–water partition coefficient (Wildman–Crippen LogP) is 5.68. The van der Waals surface area contributed by atoms with Crippen molar-refractivity contribution in [3.8, 4) is 0 Å². The Labute approximate surface area is 141 Å². The van der Waals surface area contributed by atoms with Crippen LogP contribution in [0.2, 0.25) is 0 Å². The zero-order valence-corrected chi connectivity index (χ0v) is 13.3. The fraction of sp³-hybridized carbons (Fsp3) is 0.0435. The molecule has 5 rings (SSSR count). The molecule has 0 saturated carbocycles. The lowest BCUT2D eigenvalue weighted by Crippen LogP contribution is -2.05. The predicted molar refractivity (Wildman–Crippen MR) is 100 cm³/mol. The molecule has 0 fully saturated rings. The minimum atomic E-state index is 0.247. The Morgan fingerprint density at radius 2 is 1.33 bits per heavy atom. The second kappa shape index (κ2) is 5.24. The van der Waals surface area contributed by atoms with Gasteiger partial charge in [-0.05, 0) is 29.3 Å². The average Bonchev–Trinajstić information content (AvgIpc) is 3.20. The molecule has 4 aromatic rings. The maximum absolute atomic E-state index is 2.47. The maximum atomic E-state index is 2.47.